The summed E-state index contributed by atoms with van der Waals surface area (Å²) < 4.78 is 7.48. The molecule has 1 amide bonds. The molecule has 5 rings (SSSR count). The van der Waals surface area contributed by atoms with Gasteiger partial charge in [-0.25, -0.2) is 0 Å². The van der Waals surface area contributed by atoms with Gasteiger partial charge < -0.3 is 15.0 Å². The average Bonchev–Trinajstić information content (AvgIpc) is 3.14. The van der Waals surface area contributed by atoms with Crippen LogP contribution in [0.3, 0.4) is 0 Å². The maximum atomic E-state index is 12.2. The molecular formula is C28H22ClN2O2. The largest absolute Gasteiger partial charge is 0.497 e. The van der Waals surface area contributed by atoms with E-state index in [0.717, 1.165) is 54.8 Å². The van der Waals surface area contributed by atoms with Gasteiger partial charge in [0.15, 0.2) is 0 Å². The van der Waals surface area contributed by atoms with Gasteiger partial charge in [0.1, 0.15) is 5.75 Å². The zero-order chi connectivity index (χ0) is 23.1. The summed E-state index contributed by atoms with van der Waals surface area (Å²) in [6.07, 6.45) is 0. The van der Waals surface area contributed by atoms with E-state index in [0.29, 0.717) is 12.1 Å². The topological polar surface area (TPSA) is 57.2 Å². The van der Waals surface area contributed by atoms with Gasteiger partial charge in [-0.2, -0.15) is 0 Å². The first-order chi connectivity index (χ1) is 16.0. The van der Waals surface area contributed by atoms with Gasteiger partial charge in [0.25, 0.3) is 0 Å². The molecule has 0 spiro atoms. The molecule has 0 aliphatic rings. The van der Waals surface area contributed by atoms with Crippen molar-refractivity contribution in [3.63, 3.8) is 0 Å². The Kier molecular flexibility index (Phi) is 5.31. The van der Waals surface area contributed by atoms with E-state index in [1.807, 2.05) is 61.5 Å². The summed E-state index contributed by atoms with van der Waals surface area (Å²) in [6.45, 7) is 2.59. The smallest absolute Gasteiger partial charge is 0.249 e. The van der Waals surface area contributed by atoms with E-state index in [1.54, 1.807) is 13.2 Å². The standard InChI is InChI=1S/C28H22ClN2O2/c1-17-6-7-18(14-24(17)29)16-31-25-5-3-4-23(28(30)32)27(25)22-13-10-20(15-26(22)31)19-8-11-21(33-2)12-9-19/h3-12,14-15H,16H2,1-2H3,(H2,30,32). The van der Waals surface area contributed by atoms with Gasteiger partial charge in [-0.05, 0) is 77.7 Å². The lowest BCUT2D eigenvalue weighted by molar-refractivity contribution is 0.100. The molecular weight excluding hydrogens is 432 g/mol. The number of rotatable bonds is 5. The quantitative estimate of drug-likeness (QED) is 0.335. The van der Waals surface area contributed by atoms with Crippen LogP contribution in [0.1, 0.15) is 21.5 Å². The minimum absolute atomic E-state index is 0.453. The van der Waals surface area contributed by atoms with Crippen LogP contribution in [0.2, 0.25) is 5.02 Å². The van der Waals surface area contributed by atoms with Crippen LogP contribution < -0.4 is 10.5 Å². The molecule has 4 nitrogen and oxygen atoms in total. The normalized spacial score (nSPS) is 11.2. The zero-order valence-electron chi connectivity index (χ0n) is 18.4. The molecule has 0 atom stereocenters. The van der Waals surface area contributed by atoms with Crippen molar-refractivity contribution in [1.82, 2.24) is 4.57 Å². The predicted octanol–water partition coefficient (Wildman–Crippen LogP) is 6.38. The van der Waals surface area contributed by atoms with Crippen LogP contribution >= 0.6 is 11.6 Å². The Labute approximate surface area is 197 Å². The third-order valence-electron chi connectivity index (χ3n) is 6.06. The van der Waals surface area contributed by atoms with E-state index >= 15 is 0 Å². The number of carbonyl (C=O) groups is 1. The molecule has 4 aromatic carbocycles. The van der Waals surface area contributed by atoms with Gasteiger partial charge in [0.05, 0.1) is 18.1 Å². The minimum atomic E-state index is -0.453. The number of aromatic nitrogens is 1. The number of aryl methyl sites for hydroxylation is 1. The number of primary amides is 1. The molecule has 1 aromatic heterocycles. The molecule has 0 aliphatic heterocycles. The summed E-state index contributed by atoms with van der Waals surface area (Å²) in [4.78, 5) is 12.2. The monoisotopic (exact) mass is 453 g/mol. The van der Waals surface area contributed by atoms with Gasteiger partial charge in [0, 0.05) is 27.9 Å². The molecule has 33 heavy (non-hydrogen) atoms. The van der Waals surface area contributed by atoms with Crippen molar-refractivity contribution < 1.29 is 9.53 Å². The molecule has 1 radical (unpaired) electrons. The Bertz CT molecular complexity index is 1520. The van der Waals surface area contributed by atoms with Gasteiger partial charge in [-0.15, -0.1) is 0 Å². The fourth-order valence-corrected chi connectivity index (χ4v) is 4.50. The van der Waals surface area contributed by atoms with E-state index in [9.17, 15) is 4.79 Å². The lowest BCUT2D eigenvalue weighted by atomic mass is 10.0. The van der Waals surface area contributed by atoms with E-state index in [4.69, 9.17) is 22.1 Å². The molecule has 0 saturated carbocycles. The van der Waals surface area contributed by atoms with Crippen LogP contribution in [-0.2, 0) is 6.54 Å². The number of fused-ring (bicyclic) bond motifs is 3. The van der Waals surface area contributed by atoms with Gasteiger partial charge >= 0.3 is 0 Å². The zero-order valence-corrected chi connectivity index (χ0v) is 19.1. The lowest BCUT2D eigenvalue weighted by Crippen LogP contribution is -2.11. The van der Waals surface area contributed by atoms with Crippen LogP contribution in [0.25, 0.3) is 32.9 Å². The summed E-state index contributed by atoms with van der Waals surface area (Å²) in [5.41, 5.74) is 12.3. The Morgan fingerprint density at radius 3 is 2.52 bits per heavy atom. The predicted molar refractivity (Wildman–Crippen MR) is 134 cm³/mol. The number of nitrogens with zero attached hydrogens (tertiary/aromatic N) is 1. The highest BCUT2D eigenvalue weighted by Crippen LogP contribution is 2.35. The fraction of sp³-hybridized carbons (Fsp3) is 0.107. The molecule has 163 valence electrons. The Morgan fingerprint density at radius 1 is 1.03 bits per heavy atom. The number of hydrogen-bond acceptors (Lipinski definition) is 2. The molecule has 0 bridgehead atoms. The van der Waals surface area contributed by atoms with Crippen LogP contribution in [0.5, 0.6) is 5.75 Å². The summed E-state index contributed by atoms with van der Waals surface area (Å²) in [5, 5.41) is 2.42. The molecule has 5 aromatic rings. The fourth-order valence-electron chi connectivity index (χ4n) is 4.30. The van der Waals surface area contributed by atoms with Crippen molar-refractivity contribution in [3.05, 3.63) is 101 Å². The van der Waals surface area contributed by atoms with Crippen LogP contribution in [0.4, 0.5) is 0 Å². The van der Waals surface area contributed by atoms with Crippen molar-refractivity contribution in [2.45, 2.75) is 13.5 Å². The second kappa shape index (κ2) is 8.30. The lowest BCUT2D eigenvalue weighted by Gasteiger charge is -2.10. The highest BCUT2D eigenvalue weighted by molar-refractivity contribution is 6.31. The Balaban J connectivity index is 1.76. The van der Waals surface area contributed by atoms with Crippen molar-refractivity contribution >= 4 is 39.3 Å². The number of methoxy groups -OCH3 is 1. The number of nitrogens with two attached hydrogens (primary N) is 1. The number of amides is 1. The van der Waals surface area contributed by atoms with Gasteiger partial charge in [0.2, 0.25) is 5.91 Å². The van der Waals surface area contributed by atoms with E-state index in [2.05, 4.69) is 22.8 Å². The van der Waals surface area contributed by atoms with Crippen molar-refractivity contribution in [2.24, 2.45) is 5.73 Å². The third-order valence-corrected chi connectivity index (χ3v) is 6.47. The van der Waals surface area contributed by atoms with Crippen LogP contribution in [-0.4, -0.2) is 17.6 Å². The summed E-state index contributed by atoms with van der Waals surface area (Å²) in [6, 6.07) is 27.2. The molecule has 0 fully saturated rings. The summed E-state index contributed by atoms with van der Waals surface area (Å²) >= 11 is 6.40. The third kappa shape index (κ3) is 3.73. The molecule has 0 aliphatic carbocycles. The van der Waals surface area contributed by atoms with Crippen molar-refractivity contribution in [2.75, 3.05) is 7.11 Å². The molecule has 1 heterocycles. The minimum Gasteiger partial charge on any atom is -0.497 e. The number of halogens is 1. The maximum Gasteiger partial charge on any atom is 0.249 e. The molecule has 2 N–H and O–H groups in total. The highest BCUT2D eigenvalue weighted by atomic mass is 35.5. The second-order valence-electron chi connectivity index (χ2n) is 8.11. The number of ether oxygens (including phenoxy) is 1. The van der Waals surface area contributed by atoms with E-state index < -0.39 is 5.91 Å². The average molecular weight is 454 g/mol. The van der Waals surface area contributed by atoms with Crippen LogP contribution in [0.15, 0.2) is 72.8 Å². The van der Waals surface area contributed by atoms with Crippen molar-refractivity contribution in [1.29, 1.82) is 0 Å². The first-order valence-corrected chi connectivity index (χ1v) is 11.0. The number of carbonyl (C=O) groups excluding carboxylic acids is 1. The number of hydrogen-bond donors (Lipinski definition) is 1. The molecule has 5 heteroatoms. The van der Waals surface area contributed by atoms with Gasteiger partial charge in [-0.3, -0.25) is 4.79 Å². The maximum absolute atomic E-state index is 12.2. The Hall–Kier alpha value is -3.76. The first-order valence-electron chi connectivity index (χ1n) is 10.6. The summed E-state index contributed by atoms with van der Waals surface area (Å²) in [7, 11) is 1.65. The molecule has 0 saturated heterocycles. The summed E-state index contributed by atoms with van der Waals surface area (Å²) in [5.74, 6) is 0.353. The number of benzene rings is 4. The van der Waals surface area contributed by atoms with E-state index in [-0.39, 0.29) is 0 Å². The van der Waals surface area contributed by atoms with Crippen LogP contribution in [0, 0.1) is 13.0 Å². The Morgan fingerprint density at radius 2 is 1.82 bits per heavy atom. The molecule has 0 unspecified atom stereocenters. The van der Waals surface area contributed by atoms with Gasteiger partial charge in [-0.1, -0.05) is 41.9 Å². The van der Waals surface area contributed by atoms with E-state index in [1.165, 1.54) is 0 Å². The van der Waals surface area contributed by atoms with Crippen molar-refractivity contribution in [3.8, 4) is 16.9 Å². The highest BCUT2D eigenvalue weighted by Gasteiger charge is 2.17. The second-order valence-corrected chi connectivity index (χ2v) is 8.52. The first kappa shape index (κ1) is 21.1. The SMILES string of the molecule is COc1ccc(-c2c[c]c3c4c(C(N)=O)cccc4n(Cc4ccc(C)c(Cl)c4)c3c2)cc1.